The van der Waals surface area contributed by atoms with Crippen LogP contribution in [0.15, 0.2) is 41.6 Å². The van der Waals surface area contributed by atoms with Crippen LogP contribution in [-0.4, -0.2) is 28.4 Å². The van der Waals surface area contributed by atoms with Crippen LogP contribution >= 0.6 is 0 Å². The van der Waals surface area contributed by atoms with E-state index in [4.69, 9.17) is 4.74 Å². The van der Waals surface area contributed by atoms with E-state index in [0.29, 0.717) is 22.5 Å². The molecule has 9 heteroatoms. The molecule has 0 unspecified atom stereocenters. The molecule has 0 atom stereocenters. The van der Waals surface area contributed by atoms with E-state index in [1.54, 1.807) is 13.8 Å². The van der Waals surface area contributed by atoms with Gasteiger partial charge in [-0.05, 0) is 60.9 Å². The van der Waals surface area contributed by atoms with Crippen molar-refractivity contribution in [3.63, 3.8) is 0 Å². The molecule has 4 rings (SSSR count). The maximum atomic E-state index is 15.0. The highest BCUT2D eigenvalue weighted by Crippen LogP contribution is 2.32. The number of rotatable bonds is 6. The zero-order valence-corrected chi connectivity index (χ0v) is 17.8. The first kappa shape index (κ1) is 22.3. The fourth-order valence-corrected chi connectivity index (χ4v) is 3.58. The minimum Gasteiger partial charge on any atom is -0.506 e. The number of aryl methyl sites for hydroxylation is 1. The number of oxime groups is 1. The molecule has 0 bridgehead atoms. The number of carbonyl (C=O) groups excluding carboxylic acids is 1. The van der Waals surface area contributed by atoms with Crippen molar-refractivity contribution < 1.29 is 32.6 Å². The van der Waals surface area contributed by atoms with Crippen LogP contribution in [0.3, 0.4) is 0 Å². The van der Waals surface area contributed by atoms with Gasteiger partial charge in [-0.15, -0.1) is 0 Å². The number of carbonyl (C=O) groups is 1. The molecule has 1 aliphatic heterocycles. The predicted octanol–water partition coefficient (Wildman–Crippen LogP) is 4.76. The third kappa shape index (κ3) is 4.52. The molecule has 0 aliphatic carbocycles. The van der Waals surface area contributed by atoms with Crippen molar-refractivity contribution in [3.05, 3.63) is 76.2 Å². The highest BCUT2D eigenvalue weighted by atomic mass is 19.2. The third-order valence-corrected chi connectivity index (χ3v) is 5.34. The molecule has 0 saturated carbocycles. The maximum Gasteiger partial charge on any atom is 0.340 e. The Labute approximate surface area is 187 Å². The lowest BCUT2D eigenvalue weighted by molar-refractivity contribution is -0.140. The second-order valence-electron chi connectivity index (χ2n) is 7.64. The van der Waals surface area contributed by atoms with Gasteiger partial charge in [0.25, 0.3) is 0 Å². The van der Waals surface area contributed by atoms with Gasteiger partial charge in [0.2, 0.25) is 0 Å². The van der Waals surface area contributed by atoms with Gasteiger partial charge in [0.05, 0.1) is 6.42 Å². The Kier molecular flexibility index (Phi) is 6.04. The number of ether oxygens (including phenoxy) is 1. The number of aromatic hydroxyl groups is 1. The maximum absolute atomic E-state index is 15.0. The minimum absolute atomic E-state index is 0.00156. The second kappa shape index (κ2) is 8.93. The average Bonchev–Trinajstić information content (AvgIpc) is 3.21. The smallest absolute Gasteiger partial charge is 0.340 e. The normalized spacial score (nSPS) is 13.1. The number of pyridine rings is 1. The Morgan fingerprint density at radius 2 is 1.91 bits per heavy atom. The van der Waals surface area contributed by atoms with Crippen LogP contribution in [0.25, 0.3) is 11.3 Å². The van der Waals surface area contributed by atoms with Gasteiger partial charge in [-0.25, -0.2) is 22.9 Å². The molecule has 0 saturated heterocycles. The highest BCUT2D eigenvalue weighted by Gasteiger charge is 2.21. The van der Waals surface area contributed by atoms with Crippen LogP contribution in [0, 0.1) is 31.3 Å². The molecule has 0 spiro atoms. The Hall–Kier alpha value is -3.88. The number of hydrogen-bond donors (Lipinski definition) is 1. The predicted molar refractivity (Wildman–Crippen MR) is 114 cm³/mol. The van der Waals surface area contributed by atoms with E-state index in [0.717, 1.165) is 11.6 Å². The lowest BCUT2D eigenvalue weighted by atomic mass is 9.96. The van der Waals surface area contributed by atoms with Crippen molar-refractivity contribution >= 4 is 11.7 Å². The molecule has 170 valence electrons. The van der Waals surface area contributed by atoms with E-state index in [-0.39, 0.29) is 42.2 Å². The molecule has 3 aromatic rings. The van der Waals surface area contributed by atoms with Crippen molar-refractivity contribution in [3.8, 4) is 22.8 Å². The summed E-state index contributed by atoms with van der Waals surface area (Å²) in [6, 6.07) is 8.02. The van der Waals surface area contributed by atoms with Crippen LogP contribution in [0.1, 0.15) is 28.8 Å². The van der Waals surface area contributed by atoms with Crippen LogP contribution in [0.5, 0.6) is 11.5 Å². The Balaban J connectivity index is 1.61. The Morgan fingerprint density at radius 1 is 1.12 bits per heavy atom. The Morgan fingerprint density at radius 3 is 2.64 bits per heavy atom. The van der Waals surface area contributed by atoms with Gasteiger partial charge < -0.3 is 14.7 Å². The van der Waals surface area contributed by atoms with E-state index in [1.807, 2.05) is 0 Å². The summed E-state index contributed by atoms with van der Waals surface area (Å²) < 4.78 is 48.4. The van der Waals surface area contributed by atoms with Crippen LogP contribution in [0.4, 0.5) is 13.2 Å². The number of halogens is 3. The highest BCUT2D eigenvalue weighted by molar-refractivity contribution is 6.02. The molecule has 6 nitrogen and oxygen atoms in total. The van der Waals surface area contributed by atoms with Crippen molar-refractivity contribution in [1.82, 2.24) is 4.98 Å². The monoisotopic (exact) mass is 456 g/mol. The molecular weight excluding hydrogens is 437 g/mol. The molecule has 1 aromatic heterocycles. The first-order valence-corrected chi connectivity index (χ1v) is 10.0. The molecule has 0 amide bonds. The molecule has 1 aliphatic rings. The fourth-order valence-electron chi connectivity index (χ4n) is 3.58. The van der Waals surface area contributed by atoms with Crippen molar-refractivity contribution in [2.24, 2.45) is 5.16 Å². The van der Waals surface area contributed by atoms with Gasteiger partial charge in [0.1, 0.15) is 23.8 Å². The number of hydrogen-bond acceptors (Lipinski definition) is 6. The minimum atomic E-state index is -1.11. The quantitative estimate of drug-likeness (QED) is 0.541. The number of aromatic nitrogens is 1. The summed E-state index contributed by atoms with van der Waals surface area (Å²) >= 11 is 0. The van der Waals surface area contributed by atoms with Crippen molar-refractivity contribution in [2.75, 3.05) is 6.61 Å². The summed E-state index contributed by atoms with van der Waals surface area (Å²) in [5.74, 6) is -3.52. The molecular formula is C24H19F3N2O4. The molecule has 0 fully saturated rings. The summed E-state index contributed by atoms with van der Waals surface area (Å²) in [6.07, 6.45) is 0.187. The summed E-state index contributed by atoms with van der Waals surface area (Å²) in [5, 5.41) is 13.7. The van der Waals surface area contributed by atoms with Gasteiger partial charge in [-0.2, -0.15) is 0 Å². The first-order chi connectivity index (χ1) is 15.7. The average molecular weight is 456 g/mol. The Bertz CT molecular complexity index is 1290. The van der Waals surface area contributed by atoms with Gasteiger partial charge in [-0.3, -0.25) is 0 Å². The number of nitrogens with zero attached hydrogens (tertiary/aromatic N) is 2. The molecule has 2 heterocycles. The van der Waals surface area contributed by atoms with E-state index >= 15 is 0 Å². The number of benzene rings is 2. The second-order valence-corrected chi connectivity index (χ2v) is 7.64. The summed E-state index contributed by atoms with van der Waals surface area (Å²) in [6.45, 7) is 3.29. The summed E-state index contributed by atoms with van der Waals surface area (Å²) in [5.41, 5.74) is 2.22. The van der Waals surface area contributed by atoms with Crippen LogP contribution in [-0.2, 0) is 16.1 Å². The lowest BCUT2D eigenvalue weighted by Gasteiger charge is -2.15. The van der Waals surface area contributed by atoms with E-state index < -0.39 is 23.4 Å². The van der Waals surface area contributed by atoms with E-state index in [2.05, 4.69) is 15.0 Å². The van der Waals surface area contributed by atoms with Gasteiger partial charge in [0, 0.05) is 17.7 Å². The summed E-state index contributed by atoms with van der Waals surface area (Å²) in [7, 11) is 0. The largest absolute Gasteiger partial charge is 0.506 e. The van der Waals surface area contributed by atoms with Gasteiger partial charge in [0.15, 0.2) is 23.2 Å². The fraction of sp³-hybridized carbons (Fsp3) is 0.208. The van der Waals surface area contributed by atoms with E-state index in [9.17, 15) is 23.1 Å². The van der Waals surface area contributed by atoms with Gasteiger partial charge >= 0.3 is 5.97 Å². The topological polar surface area (TPSA) is 81.0 Å². The molecule has 33 heavy (non-hydrogen) atoms. The molecule has 0 radical (unpaired) electrons. The SMILES string of the molecule is Cc1cc(OCC2=NOC(=O)C2)c(F)c(C)c1Cc1ccc(O)c(-c2cccc(F)c2F)n1. The van der Waals surface area contributed by atoms with E-state index in [1.165, 1.54) is 30.3 Å². The van der Waals surface area contributed by atoms with Crippen molar-refractivity contribution in [2.45, 2.75) is 26.7 Å². The first-order valence-electron chi connectivity index (χ1n) is 10.0. The van der Waals surface area contributed by atoms with Crippen molar-refractivity contribution in [1.29, 1.82) is 0 Å². The molecule has 1 N–H and O–H groups in total. The molecule has 2 aromatic carbocycles. The lowest BCUT2D eigenvalue weighted by Crippen LogP contribution is -2.12. The van der Waals surface area contributed by atoms with Gasteiger partial charge in [-0.1, -0.05) is 11.2 Å². The third-order valence-electron chi connectivity index (χ3n) is 5.34. The van der Waals surface area contributed by atoms with Crippen LogP contribution in [0.2, 0.25) is 0 Å². The zero-order valence-electron chi connectivity index (χ0n) is 17.8. The zero-order chi connectivity index (χ0) is 23.7. The standard InChI is InChI=1S/C24H19F3N2O4/c1-12-8-20(32-11-15-10-21(31)33-29-15)22(26)13(2)17(12)9-14-6-7-19(30)24(28-14)16-4-3-5-18(25)23(16)27/h3-8,30H,9-11H2,1-2H3. The summed E-state index contributed by atoms with van der Waals surface area (Å²) in [4.78, 5) is 19.9. The van der Waals surface area contributed by atoms with Crippen LogP contribution < -0.4 is 4.74 Å².